The van der Waals surface area contributed by atoms with Crippen LogP contribution >= 0.6 is 0 Å². The highest BCUT2D eigenvalue weighted by Gasteiger charge is 2.68. The smallest absolute Gasteiger partial charge is 0.201 e. The van der Waals surface area contributed by atoms with Gasteiger partial charge < -0.3 is 14.2 Å². The van der Waals surface area contributed by atoms with Crippen LogP contribution in [0.3, 0.4) is 0 Å². The SMILES string of the molecule is CCO[C@H]1O[C@@H]2O[C@]3(C)CCC[C@H]4[C@H](C)CC[C@@H]([C@H]1C)[C@]24OO3. The molecule has 4 aliphatic heterocycles. The van der Waals surface area contributed by atoms with Crippen LogP contribution in [0.5, 0.6) is 0 Å². The third kappa shape index (κ3) is 2.31. The average molecular weight is 326 g/mol. The molecule has 132 valence electrons. The molecule has 1 aliphatic carbocycles. The van der Waals surface area contributed by atoms with E-state index in [0.29, 0.717) is 24.4 Å². The molecule has 4 heterocycles. The first-order valence-electron chi connectivity index (χ1n) is 9.32. The maximum Gasteiger partial charge on any atom is 0.201 e. The summed E-state index contributed by atoms with van der Waals surface area (Å²) in [5.41, 5.74) is -0.482. The molecule has 0 aromatic heterocycles. The molecule has 0 unspecified atom stereocenters. The monoisotopic (exact) mass is 326 g/mol. The lowest BCUT2D eigenvalue weighted by Gasteiger charge is -2.63. The van der Waals surface area contributed by atoms with E-state index in [9.17, 15) is 0 Å². The maximum absolute atomic E-state index is 6.33. The predicted octanol–water partition coefficient (Wildman–Crippen LogP) is 3.62. The van der Waals surface area contributed by atoms with Crippen molar-refractivity contribution in [3.05, 3.63) is 0 Å². The van der Waals surface area contributed by atoms with Crippen molar-refractivity contribution in [3.8, 4) is 0 Å². The molecule has 1 saturated carbocycles. The molecular formula is C18H30O5. The van der Waals surface area contributed by atoms with E-state index in [0.717, 1.165) is 25.7 Å². The minimum Gasteiger partial charge on any atom is -0.353 e. The molecule has 5 nitrogen and oxygen atoms in total. The van der Waals surface area contributed by atoms with E-state index in [1.165, 1.54) is 6.42 Å². The van der Waals surface area contributed by atoms with Crippen molar-refractivity contribution in [2.24, 2.45) is 23.7 Å². The molecule has 8 atom stereocenters. The van der Waals surface area contributed by atoms with E-state index in [-0.39, 0.29) is 12.2 Å². The van der Waals surface area contributed by atoms with Gasteiger partial charge in [0.2, 0.25) is 5.79 Å². The van der Waals surface area contributed by atoms with Gasteiger partial charge in [-0.1, -0.05) is 13.8 Å². The highest BCUT2D eigenvalue weighted by molar-refractivity contribution is 5.08. The summed E-state index contributed by atoms with van der Waals surface area (Å²) in [7, 11) is 0. The minimum absolute atomic E-state index is 0.220. The topological polar surface area (TPSA) is 46.2 Å². The van der Waals surface area contributed by atoms with Crippen molar-refractivity contribution < 1.29 is 24.0 Å². The second-order valence-electron chi connectivity index (χ2n) is 8.08. The van der Waals surface area contributed by atoms with Gasteiger partial charge in [-0.3, -0.25) is 0 Å². The molecule has 1 spiro atoms. The van der Waals surface area contributed by atoms with E-state index in [4.69, 9.17) is 24.0 Å². The molecule has 2 bridgehead atoms. The Bertz CT molecular complexity index is 457. The molecule has 0 N–H and O–H groups in total. The summed E-state index contributed by atoms with van der Waals surface area (Å²) in [4.78, 5) is 12.0. The number of hydrogen-bond acceptors (Lipinski definition) is 5. The lowest BCUT2D eigenvalue weighted by atomic mass is 9.57. The molecule has 5 rings (SSSR count). The summed E-state index contributed by atoms with van der Waals surface area (Å²) >= 11 is 0. The first-order valence-corrected chi connectivity index (χ1v) is 9.32. The number of fused-ring (bicyclic) bond motifs is 3. The van der Waals surface area contributed by atoms with Crippen LogP contribution in [-0.4, -0.2) is 30.6 Å². The summed E-state index contributed by atoms with van der Waals surface area (Å²) in [5, 5.41) is 0. The van der Waals surface area contributed by atoms with Gasteiger partial charge in [-0.05, 0) is 51.4 Å². The second-order valence-corrected chi connectivity index (χ2v) is 8.08. The fourth-order valence-corrected chi connectivity index (χ4v) is 5.45. The van der Waals surface area contributed by atoms with Gasteiger partial charge in [0.05, 0.1) is 0 Å². The highest BCUT2D eigenvalue weighted by atomic mass is 17.3. The molecule has 4 saturated heterocycles. The highest BCUT2D eigenvalue weighted by Crippen LogP contribution is 2.59. The average Bonchev–Trinajstić information content (AvgIpc) is 2.50. The summed E-state index contributed by atoms with van der Waals surface area (Å²) in [6, 6.07) is 0. The van der Waals surface area contributed by atoms with Crippen LogP contribution in [0, 0.1) is 23.7 Å². The van der Waals surface area contributed by atoms with Gasteiger partial charge >= 0.3 is 0 Å². The number of hydrogen-bond donors (Lipinski definition) is 0. The summed E-state index contributed by atoms with van der Waals surface area (Å²) in [6.07, 6.45) is 4.84. The van der Waals surface area contributed by atoms with E-state index < -0.39 is 17.7 Å². The maximum atomic E-state index is 6.33. The van der Waals surface area contributed by atoms with Crippen LogP contribution in [-0.2, 0) is 24.0 Å². The van der Waals surface area contributed by atoms with Crippen molar-refractivity contribution in [3.63, 3.8) is 0 Å². The van der Waals surface area contributed by atoms with Gasteiger partial charge in [0, 0.05) is 24.9 Å². The van der Waals surface area contributed by atoms with E-state index in [1.807, 2.05) is 13.8 Å². The third-order valence-electron chi connectivity index (χ3n) is 6.66. The van der Waals surface area contributed by atoms with Crippen LogP contribution in [0.4, 0.5) is 0 Å². The molecule has 0 aromatic rings. The van der Waals surface area contributed by atoms with Crippen LogP contribution in [0.25, 0.3) is 0 Å². The van der Waals surface area contributed by atoms with Gasteiger partial charge in [0.15, 0.2) is 18.2 Å². The molecule has 5 fully saturated rings. The van der Waals surface area contributed by atoms with Crippen LogP contribution in [0.1, 0.15) is 59.8 Å². The van der Waals surface area contributed by atoms with Crippen molar-refractivity contribution in [1.82, 2.24) is 0 Å². The van der Waals surface area contributed by atoms with Gasteiger partial charge in [0.25, 0.3) is 0 Å². The van der Waals surface area contributed by atoms with Gasteiger partial charge in [0.1, 0.15) is 0 Å². The fraction of sp³-hybridized carbons (Fsp3) is 1.00. The van der Waals surface area contributed by atoms with Crippen LogP contribution in [0.15, 0.2) is 0 Å². The molecule has 0 radical (unpaired) electrons. The molecule has 5 heteroatoms. The lowest BCUT2D eigenvalue weighted by molar-refractivity contribution is -0.591. The molecule has 0 aromatic carbocycles. The van der Waals surface area contributed by atoms with Crippen LogP contribution < -0.4 is 0 Å². The van der Waals surface area contributed by atoms with Crippen molar-refractivity contribution in [1.29, 1.82) is 0 Å². The molecule has 23 heavy (non-hydrogen) atoms. The zero-order chi connectivity index (χ0) is 16.2. The Balaban J connectivity index is 1.75. The summed E-state index contributed by atoms with van der Waals surface area (Å²) < 4.78 is 18.5. The molecular weight excluding hydrogens is 296 g/mol. The Hall–Kier alpha value is -0.200. The van der Waals surface area contributed by atoms with Crippen LogP contribution in [0.2, 0.25) is 0 Å². The van der Waals surface area contributed by atoms with Crippen molar-refractivity contribution in [2.45, 2.75) is 83.8 Å². The fourth-order valence-electron chi connectivity index (χ4n) is 5.45. The molecule has 5 aliphatic rings. The number of rotatable bonds is 2. The third-order valence-corrected chi connectivity index (χ3v) is 6.66. The molecule has 0 amide bonds. The van der Waals surface area contributed by atoms with Crippen molar-refractivity contribution >= 4 is 0 Å². The first-order chi connectivity index (χ1) is 11.0. The van der Waals surface area contributed by atoms with Crippen molar-refractivity contribution in [2.75, 3.05) is 6.61 Å². The number of ether oxygens (including phenoxy) is 3. The Labute approximate surface area is 138 Å². The Morgan fingerprint density at radius 2 is 1.91 bits per heavy atom. The normalized spacial score (nSPS) is 55.8. The van der Waals surface area contributed by atoms with Gasteiger partial charge in [-0.15, -0.1) is 0 Å². The predicted molar refractivity (Wildman–Crippen MR) is 83.1 cm³/mol. The van der Waals surface area contributed by atoms with E-state index >= 15 is 0 Å². The summed E-state index contributed by atoms with van der Waals surface area (Å²) in [6.45, 7) is 9.18. The first kappa shape index (κ1) is 16.3. The standard InChI is InChI=1S/C18H30O5/c1-5-19-15-12(3)14-9-8-11(2)13-7-6-10-17(4)21-16(20-15)18(13,14)23-22-17/h11-16H,5-10H2,1-4H3/t11-,12-,13+,14+,15+,16-,17+,18+/m1/s1. The largest absolute Gasteiger partial charge is 0.353 e. The second kappa shape index (κ2) is 5.67. The van der Waals surface area contributed by atoms with Gasteiger partial charge in [-0.25, -0.2) is 9.78 Å². The quantitative estimate of drug-likeness (QED) is 0.725. The zero-order valence-corrected chi connectivity index (χ0v) is 14.7. The zero-order valence-electron chi connectivity index (χ0n) is 14.7. The minimum atomic E-state index is -0.705. The van der Waals surface area contributed by atoms with Gasteiger partial charge in [-0.2, -0.15) is 0 Å². The Kier molecular flexibility index (Phi) is 4.01. The van der Waals surface area contributed by atoms with E-state index in [1.54, 1.807) is 0 Å². The lowest BCUT2D eigenvalue weighted by Crippen LogP contribution is -2.73. The Morgan fingerprint density at radius 3 is 2.70 bits per heavy atom. The summed E-state index contributed by atoms with van der Waals surface area (Å²) in [5.74, 6) is 0.937. The Morgan fingerprint density at radius 1 is 1.09 bits per heavy atom. The van der Waals surface area contributed by atoms with E-state index in [2.05, 4.69) is 13.8 Å².